The molecule has 3 rings (SSSR count). The van der Waals surface area contributed by atoms with Crippen molar-refractivity contribution in [1.29, 1.82) is 0 Å². The van der Waals surface area contributed by atoms with Crippen molar-refractivity contribution < 1.29 is 66.4 Å². The van der Waals surface area contributed by atoms with Crippen LogP contribution < -0.4 is 18.9 Å². The molecule has 1 aliphatic heterocycles. The first-order valence-electron chi connectivity index (χ1n) is 14.6. The van der Waals surface area contributed by atoms with Crippen molar-refractivity contribution in [3.8, 4) is 23.0 Å². The number of esters is 2. The summed E-state index contributed by atoms with van der Waals surface area (Å²) >= 11 is 0.860. The summed E-state index contributed by atoms with van der Waals surface area (Å²) in [5, 5.41) is 0. The number of rotatable bonds is 2. The predicted octanol–water partition coefficient (Wildman–Crippen LogP) is 2.65. The lowest BCUT2D eigenvalue weighted by Crippen LogP contribution is -2.16. The lowest BCUT2D eigenvalue weighted by molar-refractivity contribution is 0.00241. The van der Waals surface area contributed by atoms with Crippen molar-refractivity contribution in [3.05, 3.63) is 34.0 Å². The van der Waals surface area contributed by atoms with E-state index in [9.17, 15) is 9.59 Å². The van der Waals surface area contributed by atoms with Crippen molar-refractivity contribution in [1.82, 2.24) is 0 Å². The number of ether oxygens (including phenoxy) is 12. The summed E-state index contributed by atoms with van der Waals surface area (Å²) in [6.07, 6.45) is 0. The summed E-state index contributed by atoms with van der Waals surface area (Å²) in [6.45, 7) is 4.96. The molecule has 1 aliphatic rings. The van der Waals surface area contributed by atoms with Crippen LogP contribution in [0.25, 0.3) is 0 Å². The van der Waals surface area contributed by atoms with E-state index >= 15 is 0 Å². The summed E-state index contributed by atoms with van der Waals surface area (Å²) < 4.78 is 66.4. The van der Waals surface area contributed by atoms with Gasteiger partial charge in [-0.1, -0.05) is 12.1 Å². The Kier molecular flexibility index (Phi) is 18.0. The van der Waals surface area contributed by atoms with Gasteiger partial charge in [-0.2, -0.15) is 0 Å². The molecule has 0 spiro atoms. The standard InChI is InChI=1S/C30H42O14S/c1-33-29(31)27-25-26(28(45-27)30(32)34-2)44-22-18-40-14-10-36-8-12-38-16-20-42-24-6-4-3-5-23(24)41-19-15-37-11-7-35-9-13-39-17-21-43-25/h3-6H,7-22H2,1-2H3. The number of carbonyl (C=O) groups excluding carboxylic acids is 2. The number of benzene rings is 1. The molecule has 0 atom stereocenters. The Morgan fingerprint density at radius 1 is 0.489 bits per heavy atom. The summed E-state index contributed by atoms with van der Waals surface area (Å²) in [6, 6.07) is 7.43. The SMILES string of the molecule is COC(=O)c1sc(C(=O)OC)c2c1OCCOCCOCCOCCOc1ccccc1OCCOCCOCCOCCO2. The van der Waals surface area contributed by atoms with E-state index in [1.54, 1.807) is 0 Å². The minimum atomic E-state index is -0.676. The molecule has 15 heteroatoms. The van der Waals surface area contributed by atoms with Gasteiger partial charge in [-0.15, -0.1) is 11.3 Å². The Balaban J connectivity index is 1.52. The minimum absolute atomic E-state index is 0.0694. The molecule has 0 fully saturated rings. The second-order valence-electron chi connectivity index (χ2n) is 8.92. The third kappa shape index (κ3) is 13.4. The van der Waals surface area contributed by atoms with Gasteiger partial charge in [-0.05, 0) is 12.1 Å². The van der Waals surface area contributed by atoms with E-state index in [1.807, 2.05) is 24.3 Å². The average Bonchev–Trinajstić information content (AvgIpc) is 3.42. The highest BCUT2D eigenvalue weighted by Gasteiger charge is 2.30. The number of thiophene rings is 1. The molecule has 0 saturated carbocycles. The molecule has 0 bridgehead atoms. The van der Waals surface area contributed by atoms with Crippen LogP contribution in [0.1, 0.15) is 19.3 Å². The fraction of sp³-hybridized carbons (Fsp3) is 0.600. The number of fused-ring (bicyclic) bond motifs is 2. The normalized spacial score (nSPS) is 17.8. The molecule has 1 aromatic carbocycles. The van der Waals surface area contributed by atoms with E-state index in [2.05, 4.69) is 0 Å². The molecule has 2 heterocycles. The van der Waals surface area contributed by atoms with Crippen molar-refractivity contribution in [2.24, 2.45) is 0 Å². The molecule has 0 radical (unpaired) electrons. The number of methoxy groups -OCH3 is 2. The largest absolute Gasteiger partial charge is 0.487 e. The van der Waals surface area contributed by atoms with Crippen LogP contribution in [0, 0.1) is 0 Å². The third-order valence-corrected chi connectivity index (χ3v) is 6.93. The van der Waals surface area contributed by atoms with Crippen molar-refractivity contribution in [2.45, 2.75) is 0 Å². The van der Waals surface area contributed by atoms with Gasteiger partial charge in [0, 0.05) is 0 Å². The van der Waals surface area contributed by atoms with E-state index in [-0.39, 0.29) is 47.7 Å². The zero-order valence-electron chi connectivity index (χ0n) is 25.7. The molecule has 252 valence electrons. The average molecular weight is 659 g/mol. The molecule has 0 amide bonds. The summed E-state index contributed by atoms with van der Waals surface area (Å²) in [4.78, 5) is 25.0. The molecule has 0 aliphatic carbocycles. The van der Waals surface area contributed by atoms with Gasteiger partial charge in [-0.25, -0.2) is 9.59 Å². The Hall–Kier alpha value is -3.18. The molecule has 0 saturated heterocycles. The minimum Gasteiger partial charge on any atom is -0.487 e. The predicted molar refractivity (Wildman–Crippen MR) is 160 cm³/mol. The molecule has 45 heavy (non-hydrogen) atoms. The first-order valence-corrected chi connectivity index (χ1v) is 15.4. The van der Waals surface area contributed by atoms with Crippen LogP contribution in [0.2, 0.25) is 0 Å². The molecule has 2 aromatic rings. The summed E-state index contributed by atoms with van der Waals surface area (Å²) in [7, 11) is 2.47. The monoisotopic (exact) mass is 658 g/mol. The second-order valence-corrected chi connectivity index (χ2v) is 9.94. The maximum Gasteiger partial charge on any atom is 0.352 e. The molecule has 1 aromatic heterocycles. The van der Waals surface area contributed by atoms with E-state index in [0.717, 1.165) is 11.3 Å². The first-order chi connectivity index (χ1) is 22.2. The molecule has 0 N–H and O–H groups in total. The highest BCUT2D eigenvalue weighted by atomic mass is 32.1. The van der Waals surface area contributed by atoms with Gasteiger partial charge >= 0.3 is 11.9 Å². The third-order valence-electron chi connectivity index (χ3n) is 5.82. The lowest BCUT2D eigenvalue weighted by atomic mass is 10.3. The van der Waals surface area contributed by atoms with Gasteiger partial charge in [-0.3, -0.25) is 0 Å². The van der Waals surface area contributed by atoms with Gasteiger partial charge in [0.1, 0.15) is 26.4 Å². The zero-order chi connectivity index (χ0) is 32.0. The zero-order valence-corrected chi connectivity index (χ0v) is 26.6. The maximum absolute atomic E-state index is 12.4. The number of hydrogen-bond acceptors (Lipinski definition) is 15. The number of hydrogen-bond donors (Lipinski definition) is 0. The van der Waals surface area contributed by atoms with E-state index < -0.39 is 11.9 Å². The van der Waals surface area contributed by atoms with Crippen LogP contribution in [0.5, 0.6) is 23.0 Å². The van der Waals surface area contributed by atoms with Crippen LogP contribution in [-0.4, -0.2) is 132 Å². The second kappa shape index (κ2) is 22.3. The van der Waals surface area contributed by atoms with Crippen LogP contribution in [-0.2, 0) is 37.9 Å². The molecule has 0 unspecified atom stereocenters. The van der Waals surface area contributed by atoms with Crippen LogP contribution >= 0.6 is 11.3 Å². The van der Waals surface area contributed by atoms with Crippen molar-refractivity contribution >= 4 is 23.3 Å². The molecular formula is C30H42O14S. The Morgan fingerprint density at radius 3 is 1.09 bits per heavy atom. The van der Waals surface area contributed by atoms with Crippen molar-refractivity contribution in [2.75, 3.05) is 120 Å². The molecule has 14 nitrogen and oxygen atoms in total. The highest BCUT2D eigenvalue weighted by Crippen LogP contribution is 2.43. The van der Waals surface area contributed by atoms with Gasteiger partial charge < -0.3 is 56.8 Å². The van der Waals surface area contributed by atoms with Crippen LogP contribution in [0.4, 0.5) is 0 Å². The fourth-order valence-electron chi connectivity index (χ4n) is 3.72. The maximum atomic E-state index is 12.4. The van der Waals surface area contributed by atoms with E-state index in [0.29, 0.717) is 90.8 Å². The Labute approximate surface area is 266 Å². The summed E-state index contributed by atoms with van der Waals surface area (Å²) in [5.41, 5.74) is 0. The number of carbonyl (C=O) groups is 2. The molecular weight excluding hydrogens is 616 g/mol. The van der Waals surface area contributed by atoms with Gasteiger partial charge in [0.15, 0.2) is 32.8 Å². The Morgan fingerprint density at radius 2 is 0.778 bits per heavy atom. The lowest BCUT2D eigenvalue weighted by Gasteiger charge is -2.13. The van der Waals surface area contributed by atoms with Crippen LogP contribution in [0.3, 0.4) is 0 Å². The number of para-hydroxylation sites is 2. The Bertz CT molecular complexity index is 1040. The first kappa shape index (κ1) is 36.3. The van der Waals surface area contributed by atoms with Gasteiger partial charge in [0.05, 0.1) is 93.5 Å². The van der Waals surface area contributed by atoms with E-state index in [4.69, 9.17) is 56.8 Å². The van der Waals surface area contributed by atoms with E-state index in [1.165, 1.54) is 14.2 Å². The van der Waals surface area contributed by atoms with Crippen LogP contribution in [0.15, 0.2) is 24.3 Å². The van der Waals surface area contributed by atoms with Gasteiger partial charge in [0.2, 0.25) is 0 Å². The fourth-order valence-corrected chi connectivity index (χ4v) is 4.74. The highest BCUT2D eigenvalue weighted by molar-refractivity contribution is 7.16. The van der Waals surface area contributed by atoms with Gasteiger partial charge in [0.25, 0.3) is 0 Å². The quantitative estimate of drug-likeness (QED) is 0.436. The smallest absolute Gasteiger partial charge is 0.352 e. The summed E-state index contributed by atoms with van der Waals surface area (Å²) in [5.74, 6) is 0.0604. The van der Waals surface area contributed by atoms with Crippen molar-refractivity contribution in [3.63, 3.8) is 0 Å². The topological polar surface area (TPSA) is 145 Å².